The highest BCUT2D eigenvalue weighted by Gasteiger charge is 2.26. The zero-order chi connectivity index (χ0) is 17.7. The van der Waals surface area contributed by atoms with Crippen molar-refractivity contribution in [3.63, 3.8) is 0 Å². The van der Waals surface area contributed by atoms with Gasteiger partial charge in [-0.25, -0.2) is 13.6 Å². The molecule has 0 spiro atoms. The second kappa shape index (κ2) is 7.92. The molecule has 0 saturated carbocycles. The van der Waals surface area contributed by atoms with Gasteiger partial charge in [0.05, 0.1) is 0 Å². The van der Waals surface area contributed by atoms with E-state index in [1.165, 1.54) is 12.1 Å². The van der Waals surface area contributed by atoms with E-state index in [1.54, 1.807) is 4.90 Å². The third-order valence-electron chi connectivity index (χ3n) is 3.95. The third kappa shape index (κ3) is 6.07. The molecule has 0 atom stereocenters. The zero-order valence-corrected chi connectivity index (χ0v) is 14.6. The quantitative estimate of drug-likeness (QED) is 0.909. The van der Waals surface area contributed by atoms with Crippen LogP contribution < -0.4 is 5.32 Å². The number of hydrogen-bond donors (Lipinski definition) is 1. The summed E-state index contributed by atoms with van der Waals surface area (Å²) < 4.78 is 31.6. The van der Waals surface area contributed by atoms with Crippen molar-refractivity contribution >= 4 is 6.09 Å². The predicted octanol–water partition coefficient (Wildman–Crippen LogP) is 3.70. The molecule has 0 unspecified atom stereocenters. The number of carbonyl (C=O) groups excluding carboxylic acids is 1. The van der Waals surface area contributed by atoms with E-state index >= 15 is 0 Å². The summed E-state index contributed by atoms with van der Waals surface area (Å²) in [6, 6.07) is 3.54. The lowest BCUT2D eigenvalue weighted by Crippen LogP contribution is -2.43. The Kier molecular flexibility index (Phi) is 6.15. The molecule has 1 amide bonds. The van der Waals surface area contributed by atoms with Crippen LogP contribution in [0.2, 0.25) is 0 Å². The van der Waals surface area contributed by atoms with Crippen LogP contribution in [-0.4, -0.2) is 36.2 Å². The molecule has 0 radical (unpaired) electrons. The maximum Gasteiger partial charge on any atom is 0.410 e. The highest BCUT2D eigenvalue weighted by atomic mass is 19.1. The van der Waals surface area contributed by atoms with E-state index in [1.807, 2.05) is 20.8 Å². The van der Waals surface area contributed by atoms with Crippen LogP contribution in [0.25, 0.3) is 0 Å². The summed E-state index contributed by atoms with van der Waals surface area (Å²) in [4.78, 5) is 13.7. The number of rotatable bonds is 4. The Hall–Kier alpha value is -1.69. The molecule has 1 saturated heterocycles. The maximum absolute atomic E-state index is 13.1. The molecular weight excluding hydrogens is 314 g/mol. The SMILES string of the molecule is CC(C)(C)OC(=O)N1CCC(CNCc2cc(F)cc(F)c2)CC1. The van der Waals surface area contributed by atoms with Gasteiger partial charge in [-0.1, -0.05) is 0 Å². The van der Waals surface area contributed by atoms with Crippen molar-refractivity contribution in [1.82, 2.24) is 10.2 Å². The van der Waals surface area contributed by atoms with Crippen molar-refractivity contribution < 1.29 is 18.3 Å². The van der Waals surface area contributed by atoms with Crippen LogP contribution in [0, 0.1) is 17.6 Å². The van der Waals surface area contributed by atoms with Crippen molar-refractivity contribution in [3.05, 3.63) is 35.4 Å². The number of likely N-dealkylation sites (tertiary alicyclic amines) is 1. The van der Waals surface area contributed by atoms with E-state index < -0.39 is 17.2 Å². The Labute approximate surface area is 142 Å². The number of carbonyl (C=O) groups is 1. The van der Waals surface area contributed by atoms with Crippen molar-refractivity contribution in [2.24, 2.45) is 5.92 Å². The van der Waals surface area contributed by atoms with Gasteiger partial charge in [0.1, 0.15) is 17.2 Å². The summed E-state index contributed by atoms with van der Waals surface area (Å²) in [7, 11) is 0. The van der Waals surface area contributed by atoms with Crippen LogP contribution in [0.15, 0.2) is 18.2 Å². The van der Waals surface area contributed by atoms with Gasteiger partial charge >= 0.3 is 6.09 Å². The monoisotopic (exact) mass is 340 g/mol. The van der Waals surface area contributed by atoms with Gasteiger partial charge in [0.15, 0.2) is 0 Å². The molecule has 6 heteroatoms. The summed E-state index contributed by atoms with van der Waals surface area (Å²) in [5.41, 5.74) is 0.120. The minimum atomic E-state index is -0.558. The average molecular weight is 340 g/mol. The molecule has 0 aromatic heterocycles. The Morgan fingerprint density at radius 1 is 1.21 bits per heavy atom. The summed E-state index contributed by atoms with van der Waals surface area (Å²) in [6.07, 6.45) is 1.53. The van der Waals surface area contributed by atoms with Gasteiger partial charge in [-0.2, -0.15) is 0 Å². The van der Waals surface area contributed by atoms with Gasteiger partial charge in [-0.15, -0.1) is 0 Å². The third-order valence-corrected chi connectivity index (χ3v) is 3.95. The van der Waals surface area contributed by atoms with Crippen LogP contribution in [0.4, 0.5) is 13.6 Å². The van der Waals surface area contributed by atoms with E-state index in [9.17, 15) is 13.6 Å². The Bertz CT molecular complexity index is 544. The molecule has 1 aliphatic rings. The lowest BCUT2D eigenvalue weighted by atomic mass is 9.97. The number of hydrogen-bond acceptors (Lipinski definition) is 3. The van der Waals surface area contributed by atoms with Crippen LogP contribution in [0.3, 0.4) is 0 Å². The second-order valence-electron chi connectivity index (χ2n) is 7.32. The first kappa shape index (κ1) is 18.6. The second-order valence-corrected chi connectivity index (χ2v) is 7.32. The topological polar surface area (TPSA) is 41.6 Å². The number of benzene rings is 1. The smallest absolute Gasteiger partial charge is 0.410 e. The fourth-order valence-corrected chi connectivity index (χ4v) is 2.78. The van der Waals surface area contributed by atoms with Gasteiger partial charge in [-0.05, 0) is 63.8 Å². The number of nitrogens with zero attached hydrogens (tertiary/aromatic N) is 1. The molecule has 1 aromatic carbocycles. The molecular formula is C18H26F2N2O2. The molecule has 1 heterocycles. The van der Waals surface area contributed by atoms with Gasteiger partial charge in [0.25, 0.3) is 0 Å². The number of amides is 1. The largest absolute Gasteiger partial charge is 0.444 e. The predicted molar refractivity (Wildman–Crippen MR) is 88.6 cm³/mol. The fourth-order valence-electron chi connectivity index (χ4n) is 2.78. The van der Waals surface area contributed by atoms with Crippen LogP contribution in [0.1, 0.15) is 39.2 Å². The minimum Gasteiger partial charge on any atom is -0.444 e. The number of halogens is 2. The Morgan fingerprint density at radius 2 is 1.79 bits per heavy atom. The van der Waals surface area contributed by atoms with Crippen LogP contribution >= 0.6 is 0 Å². The number of nitrogens with one attached hydrogen (secondary N) is 1. The Morgan fingerprint density at radius 3 is 2.33 bits per heavy atom. The van der Waals surface area contributed by atoms with Crippen molar-refractivity contribution in [3.8, 4) is 0 Å². The first-order valence-electron chi connectivity index (χ1n) is 8.36. The van der Waals surface area contributed by atoms with Crippen molar-refractivity contribution in [2.75, 3.05) is 19.6 Å². The molecule has 0 aliphatic carbocycles. The highest BCUT2D eigenvalue weighted by Crippen LogP contribution is 2.19. The van der Waals surface area contributed by atoms with Crippen molar-refractivity contribution in [1.29, 1.82) is 0 Å². The summed E-state index contributed by atoms with van der Waals surface area (Å²) in [5.74, 6) is -0.669. The van der Waals surface area contributed by atoms with Crippen molar-refractivity contribution in [2.45, 2.75) is 45.8 Å². The molecule has 24 heavy (non-hydrogen) atoms. The first-order chi connectivity index (χ1) is 11.2. The van der Waals surface area contributed by atoms with E-state index in [0.717, 1.165) is 25.5 Å². The van der Waals surface area contributed by atoms with Crippen LogP contribution in [-0.2, 0) is 11.3 Å². The summed E-state index contributed by atoms with van der Waals surface area (Å²) in [6.45, 7) is 8.12. The first-order valence-corrected chi connectivity index (χ1v) is 8.36. The lowest BCUT2D eigenvalue weighted by Gasteiger charge is -2.33. The van der Waals surface area contributed by atoms with Gasteiger partial charge in [-0.3, -0.25) is 0 Å². The van der Waals surface area contributed by atoms with E-state index in [2.05, 4.69) is 5.32 Å². The number of piperidine rings is 1. The highest BCUT2D eigenvalue weighted by molar-refractivity contribution is 5.68. The molecule has 1 aliphatic heterocycles. The molecule has 134 valence electrons. The lowest BCUT2D eigenvalue weighted by molar-refractivity contribution is 0.0184. The summed E-state index contributed by atoms with van der Waals surface area (Å²) >= 11 is 0. The Balaban J connectivity index is 1.70. The maximum atomic E-state index is 13.1. The minimum absolute atomic E-state index is 0.260. The molecule has 4 nitrogen and oxygen atoms in total. The standard InChI is InChI=1S/C18H26F2N2O2/c1-18(2,3)24-17(23)22-6-4-13(5-7-22)11-21-12-14-8-15(19)10-16(20)9-14/h8-10,13,21H,4-7,11-12H2,1-3H3. The van der Waals surface area contributed by atoms with E-state index in [-0.39, 0.29) is 6.09 Å². The average Bonchev–Trinajstić information content (AvgIpc) is 2.45. The molecule has 0 bridgehead atoms. The van der Waals surface area contributed by atoms with E-state index in [4.69, 9.17) is 4.74 Å². The van der Waals surface area contributed by atoms with Gasteiger partial charge in [0, 0.05) is 25.7 Å². The van der Waals surface area contributed by atoms with Gasteiger partial charge in [0.2, 0.25) is 0 Å². The molecule has 1 aromatic rings. The molecule has 2 rings (SSSR count). The van der Waals surface area contributed by atoms with E-state index in [0.29, 0.717) is 31.1 Å². The fraction of sp³-hybridized carbons (Fsp3) is 0.611. The number of ether oxygens (including phenoxy) is 1. The summed E-state index contributed by atoms with van der Waals surface area (Å²) in [5, 5.41) is 3.24. The normalized spacial score (nSPS) is 16.3. The zero-order valence-electron chi connectivity index (χ0n) is 14.6. The van der Waals surface area contributed by atoms with Crippen LogP contribution in [0.5, 0.6) is 0 Å². The molecule has 1 fully saturated rings. The van der Waals surface area contributed by atoms with Gasteiger partial charge < -0.3 is 15.0 Å². The molecule has 1 N–H and O–H groups in total.